The largest absolute Gasteiger partial charge is 0.481 e. The molecule has 1 atom stereocenters. The van der Waals surface area contributed by atoms with E-state index in [2.05, 4.69) is 0 Å². The van der Waals surface area contributed by atoms with Crippen LogP contribution in [0.1, 0.15) is 6.42 Å². The second-order valence-corrected chi connectivity index (χ2v) is 1.45. The smallest absolute Gasteiger partial charge is 0.333 e. The van der Waals surface area contributed by atoms with Gasteiger partial charge in [0.25, 0.3) is 0 Å². The molecule has 5 nitrogen and oxygen atoms in total. The molecule has 0 aliphatic heterocycles. The predicted molar refractivity (Wildman–Crippen MR) is 25.9 cm³/mol. The van der Waals surface area contributed by atoms with Crippen LogP contribution in [0.25, 0.3) is 0 Å². The molecule has 0 aromatic rings. The third-order valence-corrected chi connectivity index (χ3v) is 0.653. The molecule has 0 saturated heterocycles. The van der Waals surface area contributed by atoms with Gasteiger partial charge in [-0.15, -0.1) is 0 Å². The van der Waals surface area contributed by atoms with Crippen LogP contribution in [-0.2, 0) is 31.3 Å². The van der Waals surface area contributed by atoms with Gasteiger partial charge in [0, 0.05) is 21.7 Å². The van der Waals surface area contributed by atoms with E-state index >= 15 is 0 Å². The monoisotopic (exact) mass is 182 g/mol. The number of carbonyl (C=O) groups is 2. The number of aliphatic hydroxyl groups is 1. The van der Waals surface area contributed by atoms with Crippen LogP contribution in [0.15, 0.2) is 0 Å². The van der Waals surface area contributed by atoms with Crippen molar-refractivity contribution < 1.29 is 46.6 Å². The molecule has 10 heavy (non-hydrogen) atoms. The molecule has 0 bridgehead atoms. The Kier molecular flexibility index (Phi) is 6.65. The van der Waals surface area contributed by atoms with Gasteiger partial charge in [-0.1, -0.05) is 0 Å². The molecule has 0 rings (SSSR count). The molecule has 56 valence electrons. The summed E-state index contributed by atoms with van der Waals surface area (Å²) in [5.41, 5.74) is 0. The predicted octanol–water partition coefficient (Wildman–Crippen LogP) is -1.10. The van der Waals surface area contributed by atoms with Crippen molar-refractivity contribution in [3.05, 3.63) is 0 Å². The molecule has 0 fully saturated rings. The maximum Gasteiger partial charge on any atom is 0.333 e. The number of hydrogen-bond donors (Lipinski definition) is 3. The van der Waals surface area contributed by atoms with Crippen LogP contribution in [0.2, 0.25) is 0 Å². The van der Waals surface area contributed by atoms with Crippen LogP contribution in [0.5, 0.6) is 0 Å². The number of carboxylic acids is 2. The maximum atomic E-state index is 9.72. The van der Waals surface area contributed by atoms with Gasteiger partial charge in [0.05, 0.1) is 6.42 Å². The van der Waals surface area contributed by atoms with E-state index < -0.39 is 24.5 Å². The summed E-state index contributed by atoms with van der Waals surface area (Å²) in [5, 5.41) is 24.1. The van der Waals surface area contributed by atoms with E-state index in [0.29, 0.717) is 0 Å². The van der Waals surface area contributed by atoms with Gasteiger partial charge in [-0.3, -0.25) is 4.79 Å². The van der Waals surface area contributed by atoms with Gasteiger partial charge >= 0.3 is 11.9 Å². The second-order valence-electron chi connectivity index (χ2n) is 1.45. The fourth-order valence-corrected chi connectivity index (χ4v) is 0.253. The van der Waals surface area contributed by atoms with E-state index in [-0.39, 0.29) is 21.7 Å². The van der Waals surface area contributed by atoms with Gasteiger partial charge in [0.2, 0.25) is 0 Å². The molecular weight excluding hydrogens is 176 g/mol. The minimum absolute atomic E-state index is 0. The first kappa shape index (κ1) is 12.3. The summed E-state index contributed by atoms with van der Waals surface area (Å²) in [6.45, 7) is 0. The Labute approximate surface area is 71.5 Å². The van der Waals surface area contributed by atoms with Crippen molar-refractivity contribution in [2.75, 3.05) is 0 Å². The van der Waals surface area contributed by atoms with Crippen LogP contribution in [-0.4, -0.2) is 33.4 Å². The summed E-state index contributed by atoms with van der Waals surface area (Å²) in [7, 11) is 0. The molecule has 6 heteroatoms. The number of aliphatic hydroxyl groups excluding tert-OH is 1. The van der Waals surface area contributed by atoms with E-state index in [1.807, 2.05) is 0 Å². The number of aliphatic carboxylic acids is 2. The Morgan fingerprint density at radius 3 is 1.80 bits per heavy atom. The van der Waals surface area contributed by atoms with Crippen LogP contribution < -0.4 is 0 Å². The average molecular weight is 182 g/mol. The number of carboxylic acid groups (broad SMARTS) is 2. The van der Waals surface area contributed by atoms with Crippen molar-refractivity contribution in [3.63, 3.8) is 0 Å². The summed E-state index contributed by atoms with van der Waals surface area (Å²) in [5.74, 6) is -2.85. The average Bonchev–Trinajstić information content (AvgIpc) is 1.63. The van der Waals surface area contributed by atoms with Gasteiger partial charge < -0.3 is 15.3 Å². The molecule has 0 heterocycles. The van der Waals surface area contributed by atoms with E-state index in [1.54, 1.807) is 0 Å². The van der Waals surface area contributed by atoms with E-state index in [1.165, 1.54) is 0 Å². The SMILES string of the molecule is O=C(O)CC(O)C(=O)O.[Ti]. The minimum Gasteiger partial charge on any atom is -0.481 e. The minimum atomic E-state index is -1.79. The van der Waals surface area contributed by atoms with Crippen molar-refractivity contribution >= 4 is 11.9 Å². The zero-order chi connectivity index (χ0) is 7.44. The van der Waals surface area contributed by atoms with Crippen LogP contribution in [0, 0.1) is 0 Å². The molecule has 0 aliphatic carbocycles. The second kappa shape index (κ2) is 5.40. The molecule has 0 spiro atoms. The quantitative estimate of drug-likeness (QED) is 0.481. The van der Waals surface area contributed by atoms with E-state index in [9.17, 15) is 9.59 Å². The first-order chi connectivity index (χ1) is 4.04. The summed E-state index contributed by atoms with van der Waals surface area (Å²) >= 11 is 0. The van der Waals surface area contributed by atoms with Gasteiger partial charge in [0.1, 0.15) is 0 Å². The van der Waals surface area contributed by atoms with E-state index in [4.69, 9.17) is 15.3 Å². The number of rotatable bonds is 3. The van der Waals surface area contributed by atoms with Gasteiger partial charge in [-0.05, 0) is 0 Å². The van der Waals surface area contributed by atoms with Gasteiger partial charge in [-0.25, -0.2) is 4.79 Å². The molecule has 0 amide bonds. The molecule has 0 aromatic carbocycles. The van der Waals surface area contributed by atoms with E-state index in [0.717, 1.165) is 0 Å². The fourth-order valence-electron chi connectivity index (χ4n) is 0.253. The topological polar surface area (TPSA) is 94.8 Å². The standard InChI is InChI=1S/C4H6O5.Ti/c5-2(4(8)9)1-3(6)7;/h2,5H,1H2,(H,6,7)(H,8,9);. The Bertz CT molecular complexity index is 134. The number of hydrogen-bond acceptors (Lipinski definition) is 3. The van der Waals surface area contributed by atoms with Crippen LogP contribution >= 0.6 is 0 Å². The first-order valence-corrected chi connectivity index (χ1v) is 2.16. The molecular formula is C4H6O5Ti. The van der Waals surface area contributed by atoms with Gasteiger partial charge in [0.15, 0.2) is 6.10 Å². The summed E-state index contributed by atoms with van der Waals surface area (Å²) < 4.78 is 0. The Hall–Kier alpha value is -0.386. The van der Waals surface area contributed by atoms with Crippen molar-refractivity contribution in [1.29, 1.82) is 0 Å². The van der Waals surface area contributed by atoms with Crippen molar-refractivity contribution in [2.24, 2.45) is 0 Å². The molecule has 3 N–H and O–H groups in total. The summed E-state index contributed by atoms with van der Waals surface area (Å²) in [4.78, 5) is 19.4. The van der Waals surface area contributed by atoms with Crippen molar-refractivity contribution in [3.8, 4) is 0 Å². The maximum absolute atomic E-state index is 9.72. The summed E-state index contributed by atoms with van der Waals surface area (Å²) in [6.07, 6.45) is -2.54. The zero-order valence-corrected chi connectivity index (χ0v) is 6.50. The zero-order valence-electron chi connectivity index (χ0n) is 4.94. The third-order valence-electron chi connectivity index (χ3n) is 0.653. The molecule has 0 aromatic heterocycles. The molecule has 0 radical (unpaired) electrons. The van der Waals surface area contributed by atoms with Gasteiger partial charge in [-0.2, -0.15) is 0 Å². The first-order valence-electron chi connectivity index (χ1n) is 2.16. The molecule has 0 aliphatic rings. The normalized spacial score (nSPS) is 11.3. The van der Waals surface area contributed by atoms with Crippen molar-refractivity contribution in [2.45, 2.75) is 12.5 Å². The van der Waals surface area contributed by atoms with Crippen LogP contribution in [0.3, 0.4) is 0 Å². The van der Waals surface area contributed by atoms with Crippen LogP contribution in [0.4, 0.5) is 0 Å². The molecule has 0 saturated carbocycles. The molecule has 1 unspecified atom stereocenters. The van der Waals surface area contributed by atoms with Crippen molar-refractivity contribution in [1.82, 2.24) is 0 Å². The Balaban J connectivity index is 0. The third kappa shape index (κ3) is 5.75. The Morgan fingerprint density at radius 1 is 1.30 bits per heavy atom. The Morgan fingerprint density at radius 2 is 1.70 bits per heavy atom. The fraction of sp³-hybridized carbons (Fsp3) is 0.500. The summed E-state index contributed by atoms with van der Waals surface area (Å²) in [6, 6.07) is 0.